The summed E-state index contributed by atoms with van der Waals surface area (Å²) in [6.45, 7) is 3.86. The largest absolute Gasteiger partial charge is 2.00 e. The van der Waals surface area contributed by atoms with Crippen LogP contribution in [-0.4, -0.2) is 144 Å². The average Bonchev–Trinajstić information content (AvgIpc) is 0.765. The third-order valence-corrected chi connectivity index (χ3v) is 18.0. The predicted octanol–water partition coefficient (Wildman–Crippen LogP) is 9.37. The fourth-order valence-corrected chi connectivity index (χ4v) is 12.7. The van der Waals surface area contributed by atoms with Crippen LogP contribution in [0.1, 0.15) is 183 Å². The summed E-state index contributed by atoms with van der Waals surface area (Å²) in [5, 5.41) is 58.8. The summed E-state index contributed by atoms with van der Waals surface area (Å²) < 4.78 is 0. The van der Waals surface area contributed by atoms with Gasteiger partial charge in [-0.25, -0.2) is 0 Å². The van der Waals surface area contributed by atoms with E-state index in [1.807, 2.05) is 0 Å². The number of carbonyl (C=O) groups is 14. The molecule has 0 saturated heterocycles. The second-order valence-corrected chi connectivity index (χ2v) is 26.0. The molecule has 24 heteroatoms. The van der Waals surface area contributed by atoms with Gasteiger partial charge in [0.25, 0.3) is 0 Å². The minimum atomic E-state index is -1.26. The first kappa shape index (κ1) is 91.0. The molecule has 0 heterocycles. The minimum Gasteiger partial charge on any atom is -0.545 e. The summed E-state index contributed by atoms with van der Waals surface area (Å²) in [4.78, 5) is 168. The van der Waals surface area contributed by atoms with Crippen LogP contribution in [0.2, 0.25) is 0 Å². The van der Waals surface area contributed by atoms with Gasteiger partial charge in [0.2, 0.25) is 12.8 Å². The van der Waals surface area contributed by atoms with E-state index in [1.54, 1.807) is 260 Å². The van der Waals surface area contributed by atoms with Gasteiger partial charge >= 0.3 is 34.1 Å². The second-order valence-electron chi connectivity index (χ2n) is 26.0. The fraction of sp³-hybridized carbons (Fsp3) is 0.0851. The van der Waals surface area contributed by atoms with Crippen LogP contribution in [-0.2, 0) is 43.7 Å². The van der Waals surface area contributed by atoms with Gasteiger partial charge in [0.05, 0.1) is 23.9 Å². The van der Waals surface area contributed by atoms with Crippen molar-refractivity contribution >= 4 is 83.0 Å². The van der Waals surface area contributed by atoms with Crippen molar-refractivity contribution in [3.63, 3.8) is 0 Å². The SMILES string of the molecule is CCO.CCO.CN(C)C=O.CN(C)C=O.O=C([O-])c1ccc(-c2cccc3c2C(=O)c2ccccc2C3=O)cc1.O=C([O-])c1ccc(-c2cccc3c2C(=O)c2ccccc2C3=O)cc1.O=C([O-])c1ccc(-c2cccc3c2C(=O)c2ccccc2C3=O)cc1.O=C([O-])c1ccc(-c2cccc3c2C(=O)c2ccccc2C3=O)cc1.[Cu+2].[Cu+2]. The Morgan fingerprint density at radius 2 is 0.373 bits per heavy atom. The zero-order valence-corrected chi connectivity index (χ0v) is 65.6. The number of aliphatic hydroxyl groups is 2. The molecule has 0 fully saturated rings. The molecule has 118 heavy (non-hydrogen) atoms. The van der Waals surface area contributed by atoms with Crippen molar-refractivity contribution in [2.45, 2.75) is 13.8 Å². The molecular weight excluding hydrogens is 1600 g/mol. The predicted molar refractivity (Wildman–Crippen MR) is 423 cm³/mol. The maximum Gasteiger partial charge on any atom is 2.00 e. The molecule has 4 aliphatic carbocycles. The van der Waals surface area contributed by atoms with E-state index in [-0.39, 0.29) is 116 Å². The summed E-state index contributed by atoms with van der Waals surface area (Å²) >= 11 is 0. The number of carboxylic acids is 4. The van der Waals surface area contributed by atoms with Gasteiger partial charge in [0.1, 0.15) is 0 Å². The Balaban J connectivity index is 0.000000203. The van der Waals surface area contributed by atoms with Gasteiger partial charge in [-0.2, -0.15) is 0 Å². The molecule has 22 nitrogen and oxygen atoms in total. The smallest absolute Gasteiger partial charge is 0.545 e. The first-order chi connectivity index (χ1) is 55.7. The molecule has 0 saturated carbocycles. The fourth-order valence-electron chi connectivity index (χ4n) is 12.7. The summed E-state index contributed by atoms with van der Waals surface area (Å²) in [5.41, 5.74) is 11.4. The summed E-state index contributed by atoms with van der Waals surface area (Å²) in [6.07, 6.45) is 1.50. The van der Waals surface area contributed by atoms with Crippen molar-refractivity contribution in [2.75, 3.05) is 41.4 Å². The molecule has 0 aromatic heterocycles. The molecule has 0 spiro atoms. The van der Waals surface area contributed by atoms with Crippen LogP contribution in [0, 0.1) is 0 Å². The zero-order valence-electron chi connectivity index (χ0n) is 63.7. The van der Waals surface area contributed by atoms with Gasteiger partial charge < -0.3 is 59.6 Å². The van der Waals surface area contributed by atoms with Gasteiger partial charge in [0, 0.05) is 130 Å². The Bertz CT molecular complexity index is 5170. The summed E-state index contributed by atoms with van der Waals surface area (Å²) in [7, 11) is 6.75. The van der Waals surface area contributed by atoms with E-state index in [0.29, 0.717) is 134 Å². The Morgan fingerprint density at radius 3 is 0.508 bits per heavy atom. The van der Waals surface area contributed by atoms with Crippen molar-refractivity contribution in [3.8, 4) is 44.5 Å². The number of aliphatic hydroxyl groups excluding tert-OH is 2. The van der Waals surface area contributed by atoms with E-state index < -0.39 is 23.9 Å². The number of benzene rings is 12. The van der Waals surface area contributed by atoms with E-state index in [4.69, 9.17) is 10.2 Å². The third kappa shape index (κ3) is 20.3. The number of amides is 2. The number of nitrogens with zero attached hydrogens (tertiary/aromatic N) is 2. The monoisotopic (exact) mass is 1670 g/mol. The third-order valence-electron chi connectivity index (χ3n) is 18.0. The number of hydrogen-bond donors (Lipinski definition) is 2. The molecule has 0 bridgehead atoms. The van der Waals surface area contributed by atoms with Crippen molar-refractivity contribution < 1.29 is 132 Å². The molecule has 12 aromatic carbocycles. The Kier molecular flexibility index (Phi) is 32.1. The Morgan fingerprint density at radius 1 is 0.246 bits per heavy atom. The molecular formula is C94H70Cu2N2O20. The van der Waals surface area contributed by atoms with Crippen LogP contribution in [0.25, 0.3) is 44.5 Å². The number of hydrogen-bond acceptors (Lipinski definition) is 20. The van der Waals surface area contributed by atoms with E-state index in [9.17, 15) is 87.5 Å². The first-order valence-corrected chi connectivity index (χ1v) is 35.7. The number of carbonyl (C=O) groups excluding carboxylic acids is 14. The average molecular weight is 1670 g/mol. The standard InChI is InChI=1S/4C21H12O4.2C3H7NO.2C2H6O.2Cu/c4*22-19-15-4-1-2-5-16(15)20(23)18-14(6-3-7-17(18)19)12-8-10-13(11-9-12)21(24)25;2*1-4(2)3-5;2*1-2-3;;/h4*1-11H,(H,24,25);2*3H,1-2H3;2*3H,2H2,1H3;;/q;;;;;;;;2*+2/p-4. The zero-order chi connectivity index (χ0) is 84.2. The number of rotatable bonds is 10. The van der Waals surface area contributed by atoms with Crippen molar-refractivity contribution in [3.05, 3.63) is 378 Å². The van der Waals surface area contributed by atoms with Crippen LogP contribution in [0.5, 0.6) is 0 Å². The van der Waals surface area contributed by atoms with E-state index in [0.717, 1.165) is 12.8 Å². The summed E-state index contributed by atoms with van der Waals surface area (Å²) in [5.74, 6) is -6.59. The van der Waals surface area contributed by atoms with E-state index in [2.05, 4.69) is 0 Å². The number of aromatic carboxylic acids is 4. The Labute approximate surface area is 698 Å². The number of ketones is 8. The molecule has 0 aliphatic heterocycles. The van der Waals surface area contributed by atoms with Crippen LogP contribution in [0.15, 0.2) is 267 Å². The van der Waals surface area contributed by atoms with Crippen LogP contribution in [0.3, 0.4) is 0 Å². The van der Waals surface area contributed by atoms with Gasteiger partial charge in [0.15, 0.2) is 46.3 Å². The van der Waals surface area contributed by atoms with Gasteiger partial charge in [-0.3, -0.25) is 47.9 Å². The molecule has 12 aromatic rings. The quantitative estimate of drug-likeness (QED) is 0.0950. The minimum absolute atomic E-state index is 0. The Hall–Kier alpha value is -14.2. The van der Waals surface area contributed by atoms with Crippen molar-refractivity contribution in [2.24, 2.45) is 0 Å². The molecule has 0 unspecified atom stereocenters. The molecule has 16 rings (SSSR count). The molecule has 598 valence electrons. The molecule has 0 atom stereocenters. The molecule has 2 radical (unpaired) electrons. The van der Waals surface area contributed by atoms with E-state index >= 15 is 0 Å². The van der Waals surface area contributed by atoms with Gasteiger partial charge in [-0.15, -0.1) is 0 Å². The molecule has 4 aliphatic rings. The maximum absolute atomic E-state index is 13.0. The van der Waals surface area contributed by atoms with Crippen LogP contribution >= 0.6 is 0 Å². The molecule has 2 N–H and O–H groups in total. The van der Waals surface area contributed by atoms with E-state index in [1.165, 1.54) is 58.3 Å². The first-order valence-electron chi connectivity index (χ1n) is 35.7. The topological polar surface area (TPSA) is 378 Å². The molecule has 2 amide bonds. The van der Waals surface area contributed by atoms with Crippen molar-refractivity contribution in [1.82, 2.24) is 9.80 Å². The summed E-state index contributed by atoms with van der Waals surface area (Å²) in [6, 6.07) is 71.8. The van der Waals surface area contributed by atoms with Crippen LogP contribution in [0.4, 0.5) is 0 Å². The van der Waals surface area contributed by atoms with Crippen molar-refractivity contribution in [1.29, 1.82) is 0 Å². The normalized spacial score (nSPS) is 11.5. The van der Waals surface area contributed by atoms with Gasteiger partial charge in [-0.1, -0.05) is 267 Å². The number of fused-ring (bicyclic) bond motifs is 8. The maximum atomic E-state index is 13.0. The van der Waals surface area contributed by atoms with Crippen LogP contribution < -0.4 is 20.4 Å². The van der Waals surface area contributed by atoms with Gasteiger partial charge in [-0.05, 0) is 80.6 Å². The number of carboxylic acid groups (broad SMARTS) is 4. The second kappa shape index (κ2) is 41.7.